The normalized spacial score (nSPS) is 19.0. The summed E-state index contributed by atoms with van der Waals surface area (Å²) in [7, 11) is 0. The van der Waals surface area contributed by atoms with Crippen LogP contribution in [0.25, 0.3) is 0 Å². The van der Waals surface area contributed by atoms with E-state index in [-0.39, 0.29) is 18.2 Å². The smallest absolute Gasteiger partial charge is 0.255 e. The van der Waals surface area contributed by atoms with Crippen LogP contribution in [0.5, 0.6) is 0 Å². The van der Waals surface area contributed by atoms with Gasteiger partial charge in [-0.15, -0.1) is 0 Å². The van der Waals surface area contributed by atoms with Crippen molar-refractivity contribution < 1.29 is 19.2 Å². The molecule has 0 spiro atoms. The molecule has 4 amide bonds. The van der Waals surface area contributed by atoms with Crippen molar-refractivity contribution in [1.82, 2.24) is 15.5 Å². The highest BCUT2D eigenvalue weighted by molar-refractivity contribution is 6.05. The molecular weight excluding hydrogens is 322 g/mol. The maximum Gasteiger partial charge on any atom is 0.255 e. The molecule has 1 fully saturated rings. The molecule has 7 heteroatoms. The van der Waals surface area contributed by atoms with Crippen molar-refractivity contribution in [2.45, 2.75) is 31.8 Å². The second-order valence-corrected chi connectivity index (χ2v) is 5.86. The lowest BCUT2D eigenvalue weighted by molar-refractivity contribution is -0.136. The molecule has 1 atom stereocenters. The van der Waals surface area contributed by atoms with Gasteiger partial charge >= 0.3 is 0 Å². The lowest BCUT2D eigenvalue weighted by atomic mass is 10.0. The number of benzene rings is 1. The molecule has 2 N–H and O–H groups in total. The Labute approximate surface area is 144 Å². The fraction of sp³-hybridized carbons (Fsp3) is 0.333. The van der Waals surface area contributed by atoms with Gasteiger partial charge in [-0.25, -0.2) is 0 Å². The predicted octanol–water partition coefficient (Wildman–Crippen LogP) is -0.0648. The summed E-state index contributed by atoms with van der Waals surface area (Å²) >= 11 is 0. The first-order valence-electron chi connectivity index (χ1n) is 8.04. The summed E-state index contributed by atoms with van der Waals surface area (Å²) in [5.74, 6) is 5.05. The standard InChI is InChI=1S/C18H17N3O4/c22-11-19-9-2-1-4-12-5-3-6-13-14(12)10-21(18(13)25)15-7-8-16(23)20-17(15)24/h3,5-6,11,15H,2,7-10H2,(H,19,22)(H,20,23,24). The SMILES string of the molecule is O=CNCCC#Cc1cccc2c1CN(C1CCC(=O)NC1=O)C2=O. The van der Waals surface area contributed by atoms with Gasteiger partial charge in [0.15, 0.2) is 0 Å². The number of hydrogen-bond acceptors (Lipinski definition) is 4. The summed E-state index contributed by atoms with van der Waals surface area (Å²) in [5.41, 5.74) is 2.09. The number of piperidine rings is 1. The first-order valence-corrected chi connectivity index (χ1v) is 8.04. The molecule has 7 nitrogen and oxygen atoms in total. The molecule has 2 aliphatic heterocycles. The first-order chi connectivity index (χ1) is 12.1. The van der Waals surface area contributed by atoms with Gasteiger partial charge in [0.2, 0.25) is 18.2 Å². The Morgan fingerprint density at radius 2 is 2.16 bits per heavy atom. The van der Waals surface area contributed by atoms with Crippen LogP contribution in [-0.4, -0.2) is 41.6 Å². The third kappa shape index (κ3) is 3.38. The number of nitrogens with zero attached hydrogens (tertiary/aromatic N) is 1. The molecule has 1 saturated heterocycles. The van der Waals surface area contributed by atoms with Crippen molar-refractivity contribution >= 4 is 24.1 Å². The van der Waals surface area contributed by atoms with Crippen molar-refractivity contribution in [3.05, 3.63) is 34.9 Å². The monoisotopic (exact) mass is 339 g/mol. The van der Waals surface area contributed by atoms with Crippen molar-refractivity contribution in [3.8, 4) is 11.8 Å². The van der Waals surface area contributed by atoms with E-state index < -0.39 is 11.9 Å². The highest BCUT2D eigenvalue weighted by atomic mass is 16.2. The highest BCUT2D eigenvalue weighted by Gasteiger charge is 2.39. The number of hydrogen-bond donors (Lipinski definition) is 2. The summed E-state index contributed by atoms with van der Waals surface area (Å²) in [5, 5.41) is 4.82. The van der Waals surface area contributed by atoms with Crippen LogP contribution in [0, 0.1) is 11.8 Å². The molecule has 0 radical (unpaired) electrons. The molecule has 1 aromatic carbocycles. The van der Waals surface area contributed by atoms with E-state index in [2.05, 4.69) is 22.5 Å². The third-order valence-corrected chi connectivity index (χ3v) is 4.28. The number of rotatable bonds is 4. The van der Waals surface area contributed by atoms with Crippen molar-refractivity contribution in [3.63, 3.8) is 0 Å². The van der Waals surface area contributed by atoms with Crippen LogP contribution in [0.15, 0.2) is 18.2 Å². The molecule has 0 aliphatic carbocycles. The maximum atomic E-state index is 12.7. The number of fused-ring (bicyclic) bond motifs is 1. The first kappa shape index (κ1) is 16.7. The highest BCUT2D eigenvalue weighted by Crippen LogP contribution is 2.29. The molecule has 2 heterocycles. The number of carbonyl (C=O) groups is 4. The lowest BCUT2D eigenvalue weighted by Crippen LogP contribution is -2.52. The van der Waals surface area contributed by atoms with Gasteiger partial charge in [0, 0.05) is 37.1 Å². The Morgan fingerprint density at radius 3 is 2.92 bits per heavy atom. The minimum Gasteiger partial charge on any atom is -0.358 e. The van der Waals surface area contributed by atoms with Crippen LogP contribution in [-0.2, 0) is 20.9 Å². The zero-order valence-electron chi connectivity index (χ0n) is 13.5. The summed E-state index contributed by atoms with van der Waals surface area (Å²) in [6, 6.07) is 4.69. The molecule has 1 aromatic rings. The molecular formula is C18H17N3O4. The molecule has 0 saturated carbocycles. The van der Waals surface area contributed by atoms with E-state index in [1.165, 1.54) is 4.90 Å². The van der Waals surface area contributed by atoms with Gasteiger partial charge in [-0.1, -0.05) is 17.9 Å². The van der Waals surface area contributed by atoms with E-state index in [1.54, 1.807) is 12.1 Å². The van der Waals surface area contributed by atoms with Gasteiger partial charge in [-0.05, 0) is 24.1 Å². The largest absolute Gasteiger partial charge is 0.358 e. The maximum absolute atomic E-state index is 12.7. The number of amides is 4. The quantitative estimate of drug-likeness (QED) is 0.348. The molecule has 2 aliphatic rings. The summed E-state index contributed by atoms with van der Waals surface area (Å²) in [6.45, 7) is 0.769. The van der Waals surface area contributed by atoms with E-state index in [0.717, 1.165) is 11.1 Å². The van der Waals surface area contributed by atoms with E-state index in [1.807, 2.05) is 6.07 Å². The van der Waals surface area contributed by atoms with Gasteiger partial charge in [-0.2, -0.15) is 0 Å². The fourth-order valence-electron chi connectivity index (χ4n) is 3.05. The molecule has 25 heavy (non-hydrogen) atoms. The van der Waals surface area contributed by atoms with E-state index in [0.29, 0.717) is 37.9 Å². The van der Waals surface area contributed by atoms with Gasteiger partial charge in [0.25, 0.3) is 5.91 Å². The lowest BCUT2D eigenvalue weighted by Gasteiger charge is -2.29. The fourth-order valence-corrected chi connectivity index (χ4v) is 3.05. The Kier molecular flexibility index (Phi) is 4.80. The number of carbonyl (C=O) groups excluding carboxylic acids is 4. The summed E-state index contributed by atoms with van der Waals surface area (Å²) in [6.07, 6.45) is 1.70. The van der Waals surface area contributed by atoms with Crippen LogP contribution < -0.4 is 10.6 Å². The Bertz CT molecular complexity index is 806. The van der Waals surface area contributed by atoms with Gasteiger partial charge in [0.1, 0.15) is 6.04 Å². The van der Waals surface area contributed by atoms with Crippen LogP contribution in [0.3, 0.4) is 0 Å². The number of imide groups is 1. The van der Waals surface area contributed by atoms with Crippen LogP contribution in [0.1, 0.15) is 40.7 Å². The van der Waals surface area contributed by atoms with E-state index >= 15 is 0 Å². The topological polar surface area (TPSA) is 95.6 Å². The minimum absolute atomic E-state index is 0.212. The molecule has 128 valence electrons. The second kappa shape index (κ2) is 7.18. The summed E-state index contributed by atoms with van der Waals surface area (Å²) in [4.78, 5) is 47.7. The van der Waals surface area contributed by atoms with Crippen molar-refractivity contribution in [1.29, 1.82) is 0 Å². The van der Waals surface area contributed by atoms with E-state index in [9.17, 15) is 19.2 Å². The average Bonchev–Trinajstić information content (AvgIpc) is 2.92. The Hall–Kier alpha value is -3.14. The van der Waals surface area contributed by atoms with Crippen molar-refractivity contribution in [2.24, 2.45) is 0 Å². The Balaban J connectivity index is 1.79. The zero-order chi connectivity index (χ0) is 17.8. The second-order valence-electron chi connectivity index (χ2n) is 5.86. The minimum atomic E-state index is -0.629. The number of nitrogens with one attached hydrogen (secondary N) is 2. The third-order valence-electron chi connectivity index (χ3n) is 4.28. The van der Waals surface area contributed by atoms with Gasteiger partial charge < -0.3 is 10.2 Å². The average molecular weight is 339 g/mol. The van der Waals surface area contributed by atoms with E-state index in [4.69, 9.17) is 0 Å². The van der Waals surface area contributed by atoms with Gasteiger partial charge in [0.05, 0.1) is 0 Å². The Morgan fingerprint density at radius 1 is 1.32 bits per heavy atom. The van der Waals surface area contributed by atoms with Crippen molar-refractivity contribution in [2.75, 3.05) is 6.54 Å². The predicted molar refractivity (Wildman–Crippen MR) is 88.0 cm³/mol. The van der Waals surface area contributed by atoms with Crippen LogP contribution in [0.2, 0.25) is 0 Å². The summed E-state index contributed by atoms with van der Waals surface area (Å²) < 4.78 is 0. The molecule has 0 bridgehead atoms. The van der Waals surface area contributed by atoms with Crippen LogP contribution in [0.4, 0.5) is 0 Å². The van der Waals surface area contributed by atoms with Gasteiger partial charge in [-0.3, -0.25) is 24.5 Å². The molecule has 3 rings (SSSR count). The van der Waals surface area contributed by atoms with Crippen LogP contribution >= 0.6 is 0 Å². The zero-order valence-corrected chi connectivity index (χ0v) is 13.5. The molecule has 1 unspecified atom stereocenters. The molecule has 0 aromatic heterocycles.